The van der Waals surface area contributed by atoms with Crippen LogP contribution in [0.2, 0.25) is 0 Å². The molecule has 8 heteroatoms. The van der Waals surface area contributed by atoms with Gasteiger partial charge in [0, 0.05) is 0 Å². The maximum atomic E-state index is 12.7. The monoisotopic (exact) mass is 396 g/mol. The van der Waals surface area contributed by atoms with Gasteiger partial charge >= 0.3 is 120 Å². The van der Waals surface area contributed by atoms with Gasteiger partial charge < -0.3 is 0 Å². The van der Waals surface area contributed by atoms with Crippen LogP contribution in [0.1, 0.15) is 24.2 Å². The molecule has 0 fully saturated rings. The Morgan fingerprint density at radius 3 is 1.95 bits per heavy atom. The van der Waals surface area contributed by atoms with E-state index in [2.05, 4.69) is 4.74 Å². The Morgan fingerprint density at radius 1 is 1.00 bits per heavy atom. The molecule has 1 rings (SSSR count). The second kappa shape index (κ2) is 6.55. The zero-order valence-electron chi connectivity index (χ0n) is 11.0. The Morgan fingerprint density at radius 2 is 1.50 bits per heavy atom. The molecule has 0 atom stereocenters. The van der Waals surface area contributed by atoms with Crippen LogP contribution in [0.3, 0.4) is 0 Å². The third kappa shape index (κ3) is 3.83. The molecule has 7 nitrogen and oxygen atoms in total. The molecule has 0 unspecified atom stereocenters. The van der Waals surface area contributed by atoms with E-state index in [0.29, 0.717) is 0 Å². The van der Waals surface area contributed by atoms with E-state index in [4.69, 9.17) is 6.13 Å². The Hall–Kier alpha value is -1.84. The van der Waals surface area contributed by atoms with Crippen LogP contribution in [0.15, 0.2) is 24.3 Å². The summed E-state index contributed by atoms with van der Waals surface area (Å²) in [7, 11) is 1.15. The number of carbonyl (C=O) groups is 3. The van der Waals surface area contributed by atoms with Gasteiger partial charge in [-0.05, 0) is 0 Å². The van der Waals surface area contributed by atoms with E-state index in [1.54, 1.807) is 0 Å². The summed E-state index contributed by atoms with van der Waals surface area (Å²) in [5.74, 6) is -2.53. The summed E-state index contributed by atoms with van der Waals surface area (Å²) in [5.41, 5.74) is -0.0797. The second-order valence-corrected chi connectivity index (χ2v) is 7.97. The number of benzene rings is 1. The number of methoxy groups -OCH3 is 1. The van der Waals surface area contributed by atoms with Crippen molar-refractivity contribution in [1.82, 2.24) is 0 Å². The van der Waals surface area contributed by atoms with Crippen LogP contribution in [-0.4, -0.2) is 25.0 Å². The molecule has 1 aromatic rings. The molecule has 0 saturated heterocycles. The summed E-state index contributed by atoms with van der Waals surface area (Å²) >= 11 is -5.12. The first kappa shape index (κ1) is 16.2. The van der Waals surface area contributed by atoms with E-state index in [1.807, 2.05) is 0 Å². The van der Waals surface area contributed by atoms with Gasteiger partial charge in [-0.25, -0.2) is 0 Å². The van der Waals surface area contributed by atoms with Crippen molar-refractivity contribution in [2.75, 3.05) is 7.11 Å². The number of carbonyl (C=O) groups excluding carboxylic acids is 3. The average Bonchev–Trinajstić information content (AvgIpc) is 2.35. The van der Waals surface area contributed by atoms with Crippen molar-refractivity contribution in [2.24, 2.45) is 0 Å². The van der Waals surface area contributed by atoms with Gasteiger partial charge in [-0.2, -0.15) is 0 Å². The number of ether oxygens (including phenoxy) is 1. The molecular weight excluding hydrogens is 383 g/mol. The van der Waals surface area contributed by atoms with Crippen molar-refractivity contribution in [3.63, 3.8) is 0 Å². The molecule has 0 saturated carbocycles. The molecule has 0 heterocycles. The predicted molar refractivity (Wildman–Crippen MR) is 74.7 cm³/mol. The fourth-order valence-electron chi connectivity index (χ4n) is 1.32. The molecule has 0 aliphatic heterocycles. The Kier molecular flexibility index (Phi) is 5.31. The van der Waals surface area contributed by atoms with Crippen LogP contribution < -0.4 is 0 Å². The van der Waals surface area contributed by atoms with Crippen molar-refractivity contribution < 1.29 is 28.3 Å². The van der Waals surface area contributed by atoms with Crippen LogP contribution in [0.5, 0.6) is 0 Å². The van der Waals surface area contributed by atoms with Crippen molar-refractivity contribution in [2.45, 2.75) is 13.8 Å². The first-order valence-corrected chi connectivity index (χ1v) is 9.08. The molecule has 0 aliphatic rings. The normalized spacial score (nSPS) is 11.3. The van der Waals surface area contributed by atoms with E-state index in [9.17, 15) is 17.5 Å². The van der Waals surface area contributed by atoms with E-state index < -0.39 is 37.2 Å². The molecule has 20 heavy (non-hydrogen) atoms. The van der Waals surface area contributed by atoms with E-state index >= 15 is 0 Å². The Bertz CT molecular complexity index is 573. The van der Waals surface area contributed by atoms with Gasteiger partial charge in [0.2, 0.25) is 0 Å². The van der Waals surface area contributed by atoms with Gasteiger partial charge in [-0.15, -0.1) is 0 Å². The minimum atomic E-state index is -5.12. The average molecular weight is 396 g/mol. The van der Waals surface area contributed by atoms with Gasteiger partial charge in [0.05, 0.1) is 0 Å². The topological polar surface area (TPSA) is 96.0 Å². The van der Waals surface area contributed by atoms with E-state index in [-0.39, 0.29) is 9.13 Å². The van der Waals surface area contributed by atoms with Crippen molar-refractivity contribution >= 4 is 37.2 Å². The third-order valence-electron chi connectivity index (χ3n) is 1.95. The van der Waals surface area contributed by atoms with Crippen LogP contribution in [0.4, 0.5) is 0 Å². The summed E-state index contributed by atoms with van der Waals surface area (Å²) in [6.45, 7) is 2.06. The molecule has 0 amide bonds. The molecule has 0 aromatic heterocycles. The second-order valence-electron chi connectivity index (χ2n) is 3.53. The fraction of sp³-hybridized carbons (Fsp3) is 0.250. The SMILES string of the molecule is COC(=O)c1ccccc1I(=O)(OC(C)=O)OC(C)=O. The zero-order valence-corrected chi connectivity index (χ0v) is 13.2. The molecule has 0 radical (unpaired) electrons. The number of hydrogen-bond donors (Lipinski definition) is 0. The summed E-state index contributed by atoms with van der Waals surface area (Å²) in [6, 6.07) is 5.62. The summed E-state index contributed by atoms with van der Waals surface area (Å²) in [6.07, 6.45) is 0. The number of rotatable bonds is 4. The first-order valence-electron chi connectivity index (χ1n) is 5.36. The standard InChI is InChI=1S/C12H13IO7/c1-8(14)19-13(17,20-9(2)15)11-7-5-4-6-10(11)12(16)18-3/h4-7H,1-3H3. The van der Waals surface area contributed by atoms with E-state index in [1.165, 1.54) is 24.3 Å². The van der Waals surface area contributed by atoms with Gasteiger partial charge in [-0.3, -0.25) is 0 Å². The van der Waals surface area contributed by atoms with Crippen LogP contribution >= 0.6 is 19.3 Å². The van der Waals surface area contributed by atoms with Crippen LogP contribution in [-0.2, 0) is 23.5 Å². The Labute approximate surface area is 120 Å². The summed E-state index contributed by atoms with van der Waals surface area (Å²) in [5, 5.41) is 0. The molecule has 0 bridgehead atoms. The van der Waals surface area contributed by atoms with Gasteiger partial charge in [0.15, 0.2) is 0 Å². The molecular formula is C12H13IO7. The van der Waals surface area contributed by atoms with Crippen LogP contribution in [0.25, 0.3) is 0 Å². The number of hydrogen-bond acceptors (Lipinski definition) is 7. The van der Waals surface area contributed by atoms with Gasteiger partial charge in [0.1, 0.15) is 0 Å². The first-order chi connectivity index (χ1) is 9.30. The van der Waals surface area contributed by atoms with Crippen molar-refractivity contribution in [1.29, 1.82) is 0 Å². The molecule has 0 spiro atoms. The summed E-state index contributed by atoms with van der Waals surface area (Å²) < 4.78 is 26.5. The molecule has 1 aromatic carbocycles. The Balaban J connectivity index is 3.41. The fourth-order valence-corrected chi connectivity index (χ4v) is 5.28. The number of esters is 1. The van der Waals surface area contributed by atoms with E-state index in [0.717, 1.165) is 21.0 Å². The van der Waals surface area contributed by atoms with Crippen molar-refractivity contribution in [3.05, 3.63) is 33.4 Å². The number of halogens is 1. The van der Waals surface area contributed by atoms with Gasteiger partial charge in [0.25, 0.3) is 0 Å². The quantitative estimate of drug-likeness (QED) is 0.567. The summed E-state index contributed by atoms with van der Waals surface area (Å²) in [4.78, 5) is 33.8. The molecule has 0 aliphatic carbocycles. The van der Waals surface area contributed by atoms with Crippen LogP contribution in [0, 0.1) is 3.57 Å². The maximum absolute atomic E-state index is 12.7. The molecule has 0 N–H and O–H groups in total. The predicted octanol–water partition coefficient (Wildman–Crippen LogP) is 1.99. The van der Waals surface area contributed by atoms with Gasteiger partial charge in [-0.1, -0.05) is 0 Å². The molecule has 110 valence electrons. The zero-order chi connectivity index (χ0) is 15.3. The minimum absolute atomic E-state index is 0.0797. The third-order valence-corrected chi connectivity index (χ3v) is 6.71. The van der Waals surface area contributed by atoms with Crippen molar-refractivity contribution in [3.8, 4) is 0 Å².